The molecule has 0 nitrogen and oxygen atoms in total. The van der Waals surface area contributed by atoms with Gasteiger partial charge in [0.05, 0.1) is 0 Å². The Balaban J connectivity index is 1.52. The molecule has 7 aromatic rings. The Bertz CT molecular complexity index is 1990. The first-order valence-electron chi connectivity index (χ1n) is 13.5. The molecule has 0 amide bonds. The standard InChI is InChI=1S/C38H24F2S/c39-28-19-13-26(14-20-28)36-33-9-4-5-10-34(33)37(27-15-21-29(40)22-16-27)38-32(11-6-12-35(36)38)25-17-23-31(24-18-25)41-30-7-2-1-3-8-30/h1-24H. The van der Waals surface area contributed by atoms with Crippen LogP contribution in [0.2, 0.25) is 0 Å². The molecular weight excluding hydrogens is 526 g/mol. The number of halogens is 2. The summed E-state index contributed by atoms with van der Waals surface area (Å²) < 4.78 is 28.0. The third kappa shape index (κ3) is 4.79. The van der Waals surface area contributed by atoms with Crippen LogP contribution in [0.4, 0.5) is 8.78 Å². The Kier molecular flexibility index (Phi) is 6.58. The second-order valence-electron chi connectivity index (χ2n) is 9.98. The van der Waals surface area contributed by atoms with Gasteiger partial charge in [0.1, 0.15) is 11.6 Å². The van der Waals surface area contributed by atoms with Gasteiger partial charge in [-0.2, -0.15) is 0 Å². The van der Waals surface area contributed by atoms with Gasteiger partial charge in [-0.3, -0.25) is 0 Å². The van der Waals surface area contributed by atoms with Crippen molar-refractivity contribution in [1.29, 1.82) is 0 Å². The van der Waals surface area contributed by atoms with Gasteiger partial charge in [0.25, 0.3) is 0 Å². The maximum Gasteiger partial charge on any atom is 0.123 e. The summed E-state index contributed by atoms with van der Waals surface area (Å²) >= 11 is 1.73. The van der Waals surface area contributed by atoms with Gasteiger partial charge < -0.3 is 0 Å². The van der Waals surface area contributed by atoms with Gasteiger partial charge in [-0.1, -0.05) is 109 Å². The quantitative estimate of drug-likeness (QED) is 0.192. The molecule has 0 spiro atoms. The fourth-order valence-electron chi connectivity index (χ4n) is 5.64. The predicted molar refractivity (Wildman–Crippen MR) is 168 cm³/mol. The number of benzene rings is 7. The summed E-state index contributed by atoms with van der Waals surface area (Å²) in [6.45, 7) is 0. The molecule has 0 aromatic heterocycles. The van der Waals surface area contributed by atoms with Crippen molar-refractivity contribution in [3.63, 3.8) is 0 Å². The highest BCUT2D eigenvalue weighted by molar-refractivity contribution is 7.99. The van der Waals surface area contributed by atoms with E-state index in [0.717, 1.165) is 59.8 Å². The van der Waals surface area contributed by atoms with E-state index < -0.39 is 0 Å². The summed E-state index contributed by atoms with van der Waals surface area (Å²) in [5, 5.41) is 4.28. The number of rotatable bonds is 5. The minimum absolute atomic E-state index is 0.264. The fraction of sp³-hybridized carbons (Fsp3) is 0. The van der Waals surface area contributed by atoms with E-state index in [9.17, 15) is 8.78 Å². The molecule has 0 aliphatic rings. The maximum absolute atomic E-state index is 14.1. The summed E-state index contributed by atoms with van der Waals surface area (Å²) in [5.41, 5.74) is 6.19. The minimum atomic E-state index is -0.267. The SMILES string of the molecule is Fc1ccc(-c2c3ccccc3c(-c3ccc(F)cc3)c3c(-c4ccc(Sc5ccccc5)cc4)cccc23)cc1. The van der Waals surface area contributed by atoms with Crippen molar-refractivity contribution in [3.8, 4) is 33.4 Å². The van der Waals surface area contributed by atoms with E-state index in [2.05, 4.69) is 66.7 Å². The molecule has 196 valence electrons. The smallest absolute Gasteiger partial charge is 0.123 e. The molecule has 0 heterocycles. The van der Waals surface area contributed by atoms with Crippen molar-refractivity contribution < 1.29 is 8.78 Å². The largest absolute Gasteiger partial charge is 0.207 e. The average molecular weight is 551 g/mol. The van der Waals surface area contributed by atoms with Gasteiger partial charge in [0, 0.05) is 9.79 Å². The molecule has 0 saturated heterocycles. The van der Waals surface area contributed by atoms with Crippen LogP contribution < -0.4 is 0 Å². The van der Waals surface area contributed by atoms with E-state index >= 15 is 0 Å². The van der Waals surface area contributed by atoms with E-state index in [4.69, 9.17) is 0 Å². The zero-order chi connectivity index (χ0) is 27.8. The highest BCUT2D eigenvalue weighted by Gasteiger charge is 2.19. The van der Waals surface area contributed by atoms with Crippen LogP contribution in [-0.4, -0.2) is 0 Å². The van der Waals surface area contributed by atoms with Gasteiger partial charge in [-0.05, 0) is 103 Å². The molecule has 0 radical (unpaired) electrons. The Morgan fingerprint density at radius 1 is 0.366 bits per heavy atom. The number of hydrogen-bond acceptors (Lipinski definition) is 1. The van der Waals surface area contributed by atoms with Crippen molar-refractivity contribution in [3.05, 3.63) is 157 Å². The lowest BCUT2D eigenvalue weighted by molar-refractivity contribution is 0.627. The first-order valence-corrected chi connectivity index (χ1v) is 14.3. The maximum atomic E-state index is 14.1. The van der Waals surface area contributed by atoms with Gasteiger partial charge in [-0.25, -0.2) is 8.78 Å². The molecule has 0 aliphatic carbocycles. The van der Waals surface area contributed by atoms with Crippen LogP contribution in [0.3, 0.4) is 0 Å². The van der Waals surface area contributed by atoms with E-state index in [1.807, 2.05) is 54.6 Å². The van der Waals surface area contributed by atoms with Crippen LogP contribution in [0, 0.1) is 11.6 Å². The molecule has 0 N–H and O–H groups in total. The van der Waals surface area contributed by atoms with E-state index in [1.54, 1.807) is 11.8 Å². The molecule has 0 bridgehead atoms. The minimum Gasteiger partial charge on any atom is -0.207 e. The summed E-state index contributed by atoms with van der Waals surface area (Å²) in [6, 6.07) is 47.1. The third-order valence-electron chi connectivity index (χ3n) is 7.46. The summed E-state index contributed by atoms with van der Waals surface area (Å²) in [6.07, 6.45) is 0. The molecule has 3 heteroatoms. The molecule has 0 unspecified atom stereocenters. The third-order valence-corrected chi connectivity index (χ3v) is 8.48. The summed E-state index contributed by atoms with van der Waals surface area (Å²) in [7, 11) is 0. The molecule has 0 aliphatic heterocycles. The highest BCUT2D eigenvalue weighted by atomic mass is 32.2. The van der Waals surface area contributed by atoms with Crippen molar-refractivity contribution in [1.82, 2.24) is 0 Å². The van der Waals surface area contributed by atoms with Crippen LogP contribution in [0.25, 0.3) is 54.9 Å². The molecule has 0 saturated carbocycles. The lowest BCUT2D eigenvalue weighted by atomic mass is 9.83. The number of hydrogen-bond donors (Lipinski definition) is 0. The van der Waals surface area contributed by atoms with Crippen LogP contribution in [-0.2, 0) is 0 Å². The van der Waals surface area contributed by atoms with E-state index in [0.29, 0.717) is 0 Å². The molecule has 0 atom stereocenters. The van der Waals surface area contributed by atoms with Crippen LogP contribution in [0.1, 0.15) is 0 Å². The molecule has 41 heavy (non-hydrogen) atoms. The zero-order valence-corrected chi connectivity index (χ0v) is 22.8. The van der Waals surface area contributed by atoms with Crippen molar-refractivity contribution >= 4 is 33.3 Å². The summed E-state index contributed by atoms with van der Waals surface area (Å²) in [4.78, 5) is 2.36. The van der Waals surface area contributed by atoms with Crippen molar-refractivity contribution in [2.75, 3.05) is 0 Å². The van der Waals surface area contributed by atoms with Crippen LogP contribution >= 0.6 is 11.8 Å². The van der Waals surface area contributed by atoms with Gasteiger partial charge >= 0.3 is 0 Å². The second-order valence-corrected chi connectivity index (χ2v) is 11.1. The first-order chi connectivity index (χ1) is 20.2. The lowest BCUT2D eigenvalue weighted by Crippen LogP contribution is -1.93. The van der Waals surface area contributed by atoms with Gasteiger partial charge in [0.15, 0.2) is 0 Å². The van der Waals surface area contributed by atoms with Crippen LogP contribution in [0.5, 0.6) is 0 Å². The first kappa shape index (κ1) is 25.3. The van der Waals surface area contributed by atoms with Gasteiger partial charge in [0.2, 0.25) is 0 Å². The monoisotopic (exact) mass is 550 g/mol. The summed E-state index contributed by atoms with van der Waals surface area (Å²) in [5.74, 6) is -0.531. The predicted octanol–water partition coefficient (Wildman–Crippen LogP) is 11.4. The molecule has 7 rings (SSSR count). The van der Waals surface area contributed by atoms with E-state index in [1.165, 1.54) is 29.2 Å². The van der Waals surface area contributed by atoms with Crippen LogP contribution in [0.15, 0.2) is 155 Å². The van der Waals surface area contributed by atoms with Crippen molar-refractivity contribution in [2.24, 2.45) is 0 Å². The number of fused-ring (bicyclic) bond motifs is 2. The topological polar surface area (TPSA) is 0 Å². The Hall–Kier alpha value is -4.73. The van der Waals surface area contributed by atoms with Crippen molar-refractivity contribution in [2.45, 2.75) is 9.79 Å². The fourth-order valence-corrected chi connectivity index (χ4v) is 6.48. The van der Waals surface area contributed by atoms with Gasteiger partial charge in [-0.15, -0.1) is 0 Å². The lowest BCUT2D eigenvalue weighted by Gasteiger charge is -2.20. The Labute approximate surface area is 241 Å². The highest BCUT2D eigenvalue weighted by Crippen LogP contribution is 2.47. The Morgan fingerprint density at radius 3 is 1.49 bits per heavy atom. The molecule has 7 aromatic carbocycles. The molecular formula is C38H24F2S. The zero-order valence-electron chi connectivity index (χ0n) is 22.0. The average Bonchev–Trinajstić information content (AvgIpc) is 3.02. The second kappa shape index (κ2) is 10.7. The Morgan fingerprint density at radius 2 is 0.854 bits per heavy atom. The van der Waals surface area contributed by atoms with E-state index in [-0.39, 0.29) is 11.6 Å². The normalized spacial score (nSPS) is 11.3. The molecule has 0 fully saturated rings.